The van der Waals surface area contributed by atoms with Crippen LogP contribution in [0.3, 0.4) is 0 Å². The van der Waals surface area contributed by atoms with Gasteiger partial charge in [-0.3, -0.25) is 0 Å². The molecule has 18 heavy (non-hydrogen) atoms. The summed E-state index contributed by atoms with van der Waals surface area (Å²) in [6.07, 6.45) is 1.10. The van der Waals surface area contributed by atoms with Gasteiger partial charge >= 0.3 is 0 Å². The molecule has 1 atom stereocenters. The van der Waals surface area contributed by atoms with Crippen LogP contribution in [0.4, 0.5) is 5.69 Å². The molecule has 0 bridgehead atoms. The van der Waals surface area contributed by atoms with Crippen molar-refractivity contribution in [3.63, 3.8) is 0 Å². The zero-order chi connectivity index (χ0) is 13.2. The minimum Gasteiger partial charge on any atom is -0.381 e. The summed E-state index contributed by atoms with van der Waals surface area (Å²) in [7, 11) is -3.16. The Kier molecular flexibility index (Phi) is 3.92. The second-order valence-electron chi connectivity index (χ2n) is 4.95. The lowest BCUT2D eigenvalue weighted by Crippen LogP contribution is -2.22. The lowest BCUT2D eigenvalue weighted by molar-refractivity contribution is 0.587. The Balaban J connectivity index is 2.10. The maximum absolute atomic E-state index is 12.0. The molecule has 0 aliphatic carbocycles. The minimum absolute atomic E-state index is 0.379. The third kappa shape index (κ3) is 2.84. The molecule has 0 radical (unpaired) electrons. The van der Waals surface area contributed by atoms with Gasteiger partial charge in [0, 0.05) is 18.3 Å². The smallest absolute Gasteiger partial charge is 0.180 e. The summed E-state index contributed by atoms with van der Waals surface area (Å²) in [6.45, 7) is 5.40. The highest BCUT2D eigenvalue weighted by Gasteiger charge is 2.19. The number of benzene rings is 1. The molecule has 0 amide bonds. The van der Waals surface area contributed by atoms with Gasteiger partial charge < -0.3 is 10.6 Å². The standard InChI is InChI=1S/C13H20N2O2S/c1-10(2)18(16,17)13-5-3-11(4-6-13)15-12-7-8-14-9-12/h3-6,10,12,14-15H,7-9H2,1-2H3. The Bertz CT molecular complexity index is 488. The van der Waals surface area contributed by atoms with Gasteiger partial charge in [0.1, 0.15) is 0 Å². The minimum atomic E-state index is -3.16. The number of rotatable bonds is 4. The van der Waals surface area contributed by atoms with Crippen molar-refractivity contribution in [1.82, 2.24) is 5.32 Å². The molecule has 1 aromatic rings. The summed E-state index contributed by atoms with van der Waals surface area (Å²) >= 11 is 0. The highest BCUT2D eigenvalue weighted by atomic mass is 32.2. The second-order valence-corrected chi connectivity index (χ2v) is 7.46. The van der Waals surface area contributed by atoms with Crippen LogP contribution in [0.5, 0.6) is 0 Å². The molecule has 1 aliphatic heterocycles. The molecule has 0 aromatic heterocycles. The van der Waals surface area contributed by atoms with Crippen molar-refractivity contribution in [1.29, 1.82) is 0 Å². The molecule has 2 N–H and O–H groups in total. The highest BCUT2D eigenvalue weighted by molar-refractivity contribution is 7.92. The van der Waals surface area contributed by atoms with Crippen LogP contribution >= 0.6 is 0 Å². The van der Waals surface area contributed by atoms with E-state index in [1.54, 1.807) is 26.0 Å². The van der Waals surface area contributed by atoms with E-state index in [-0.39, 0.29) is 5.25 Å². The molecule has 0 saturated carbocycles. The van der Waals surface area contributed by atoms with Gasteiger partial charge in [0.15, 0.2) is 9.84 Å². The SMILES string of the molecule is CC(C)S(=O)(=O)c1ccc(NC2CCNC2)cc1. The van der Waals surface area contributed by atoms with Crippen molar-refractivity contribution in [2.75, 3.05) is 18.4 Å². The molecule has 1 heterocycles. The number of hydrogen-bond acceptors (Lipinski definition) is 4. The summed E-state index contributed by atoms with van der Waals surface area (Å²) in [5.41, 5.74) is 0.978. The molecule has 5 heteroatoms. The van der Waals surface area contributed by atoms with Gasteiger partial charge in [-0.25, -0.2) is 8.42 Å². The zero-order valence-corrected chi connectivity index (χ0v) is 11.6. The van der Waals surface area contributed by atoms with E-state index in [2.05, 4.69) is 10.6 Å². The molecule has 1 saturated heterocycles. The number of hydrogen-bond donors (Lipinski definition) is 2. The molecular formula is C13H20N2O2S. The van der Waals surface area contributed by atoms with Gasteiger partial charge in [-0.1, -0.05) is 0 Å². The summed E-state index contributed by atoms with van der Waals surface area (Å²) in [5.74, 6) is 0. The molecule has 100 valence electrons. The normalized spacial score (nSPS) is 20.3. The van der Waals surface area contributed by atoms with Crippen molar-refractivity contribution < 1.29 is 8.42 Å². The third-order valence-electron chi connectivity index (χ3n) is 3.23. The Morgan fingerprint density at radius 1 is 1.28 bits per heavy atom. The summed E-state index contributed by atoms with van der Waals surface area (Å²) in [5, 5.41) is 6.30. The number of anilines is 1. The predicted molar refractivity (Wildman–Crippen MR) is 73.7 cm³/mol. The molecule has 1 fully saturated rings. The fourth-order valence-corrected chi connectivity index (χ4v) is 3.09. The van der Waals surface area contributed by atoms with Crippen molar-refractivity contribution in [2.45, 2.75) is 36.5 Å². The average Bonchev–Trinajstić information content (AvgIpc) is 2.82. The van der Waals surface area contributed by atoms with Crippen molar-refractivity contribution in [3.8, 4) is 0 Å². The van der Waals surface area contributed by atoms with Crippen molar-refractivity contribution >= 4 is 15.5 Å². The zero-order valence-electron chi connectivity index (χ0n) is 10.8. The lowest BCUT2D eigenvalue weighted by Gasteiger charge is -2.14. The molecule has 2 rings (SSSR count). The summed E-state index contributed by atoms with van der Waals surface area (Å²) in [6, 6.07) is 7.49. The van der Waals surface area contributed by atoms with Crippen molar-refractivity contribution in [2.24, 2.45) is 0 Å². The van der Waals surface area contributed by atoms with Crippen LogP contribution in [0.1, 0.15) is 20.3 Å². The van der Waals surface area contributed by atoms with Gasteiger partial charge in [0.05, 0.1) is 10.1 Å². The van der Waals surface area contributed by atoms with Crippen LogP contribution in [0.25, 0.3) is 0 Å². The molecule has 1 aromatic carbocycles. The molecular weight excluding hydrogens is 248 g/mol. The highest BCUT2D eigenvalue weighted by Crippen LogP contribution is 2.19. The Morgan fingerprint density at radius 2 is 1.94 bits per heavy atom. The van der Waals surface area contributed by atoms with Crippen LogP contribution in [0.15, 0.2) is 29.2 Å². The van der Waals surface area contributed by atoms with E-state index in [4.69, 9.17) is 0 Å². The molecule has 4 nitrogen and oxygen atoms in total. The molecule has 1 aliphatic rings. The van der Waals surface area contributed by atoms with E-state index in [0.717, 1.165) is 25.2 Å². The first-order valence-corrected chi connectivity index (χ1v) is 7.86. The van der Waals surface area contributed by atoms with Gasteiger partial charge in [0.2, 0.25) is 0 Å². The predicted octanol–water partition coefficient (Wildman–Crippen LogP) is 1.64. The monoisotopic (exact) mass is 268 g/mol. The largest absolute Gasteiger partial charge is 0.381 e. The van der Waals surface area contributed by atoms with E-state index in [9.17, 15) is 8.42 Å². The maximum Gasteiger partial charge on any atom is 0.180 e. The van der Waals surface area contributed by atoms with E-state index in [1.165, 1.54) is 0 Å². The van der Waals surface area contributed by atoms with Crippen LogP contribution < -0.4 is 10.6 Å². The topological polar surface area (TPSA) is 58.2 Å². The summed E-state index contributed by atoms with van der Waals surface area (Å²) < 4.78 is 23.9. The second kappa shape index (κ2) is 5.28. The fraction of sp³-hybridized carbons (Fsp3) is 0.538. The van der Waals surface area contributed by atoms with E-state index >= 15 is 0 Å². The molecule has 0 spiro atoms. The van der Waals surface area contributed by atoms with Gasteiger partial charge in [-0.05, 0) is 51.1 Å². The number of nitrogens with one attached hydrogen (secondary N) is 2. The van der Waals surface area contributed by atoms with Crippen LogP contribution in [-0.2, 0) is 9.84 Å². The van der Waals surface area contributed by atoms with Crippen molar-refractivity contribution in [3.05, 3.63) is 24.3 Å². The van der Waals surface area contributed by atoms with Gasteiger partial charge in [0.25, 0.3) is 0 Å². The summed E-state index contributed by atoms with van der Waals surface area (Å²) in [4.78, 5) is 0.396. The Morgan fingerprint density at radius 3 is 2.44 bits per heavy atom. The quantitative estimate of drug-likeness (QED) is 0.871. The fourth-order valence-electron chi connectivity index (χ4n) is 2.03. The van der Waals surface area contributed by atoms with Gasteiger partial charge in [-0.2, -0.15) is 0 Å². The maximum atomic E-state index is 12.0. The van der Waals surface area contributed by atoms with E-state index in [1.807, 2.05) is 12.1 Å². The Hall–Kier alpha value is -1.07. The van der Waals surface area contributed by atoms with E-state index < -0.39 is 9.84 Å². The first kappa shape index (κ1) is 13.4. The lowest BCUT2D eigenvalue weighted by atomic mass is 10.2. The first-order valence-electron chi connectivity index (χ1n) is 6.31. The van der Waals surface area contributed by atoms with Crippen LogP contribution in [0, 0.1) is 0 Å². The van der Waals surface area contributed by atoms with Gasteiger partial charge in [-0.15, -0.1) is 0 Å². The third-order valence-corrected chi connectivity index (χ3v) is 5.40. The Labute approximate surface area is 109 Å². The molecule has 1 unspecified atom stereocenters. The number of sulfone groups is 1. The van der Waals surface area contributed by atoms with Crippen LogP contribution in [0.2, 0.25) is 0 Å². The first-order chi connectivity index (χ1) is 8.50. The van der Waals surface area contributed by atoms with E-state index in [0.29, 0.717) is 10.9 Å². The van der Waals surface area contributed by atoms with Crippen LogP contribution in [-0.4, -0.2) is 32.8 Å². The average molecular weight is 268 g/mol.